The summed E-state index contributed by atoms with van der Waals surface area (Å²) in [5.74, 6) is -0.814. The molecule has 3 N–H and O–H groups in total. The summed E-state index contributed by atoms with van der Waals surface area (Å²) in [5, 5.41) is 13.9. The number of carboxylic acid groups (broad SMARTS) is 1. The van der Waals surface area contributed by atoms with Gasteiger partial charge in [0.2, 0.25) is 5.91 Å². The Morgan fingerprint density at radius 1 is 0.864 bits per heavy atom. The minimum absolute atomic E-state index is 0. The Hall–Kier alpha value is -0.100. The molecule has 0 spiro atoms. The molecule has 0 saturated carbocycles. The molecule has 6 heteroatoms. The third kappa shape index (κ3) is 19.9. The van der Waals surface area contributed by atoms with Crippen molar-refractivity contribution in [2.24, 2.45) is 0 Å². The Kier molecular flexibility index (Phi) is 20.8. The summed E-state index contributed by atoms with van der Waals surface area (Å²) in [6.07, 6.45) is 11.8. The average molecular weight is 324 g/mol. The van der Waals surface area contributed by atoms with Crippen LogP contribution in [-0.4, -0.2) is 66.2 Å². The van der Waals surface area contributed by atoms with E-state index in [9.17, 15) is 9.59 Å². The molecule has 0 aromatic carbocycles. The van der Waals surface area contributed by atoms with E-state index in [1.807, 2.05) is 0 Å². The van der Waals surface area contributed by atoms with Crippen LogP contribution in [0.2, 0.25) is 0 Å². The van der Waals surface area contributed by atoms with E-state index in [1.165, 1.54) is 44.9 Å². The Morgan fingerprint density at radius 3 is 1.95 bits per heavy atom. The molecule has 0 fully saturated rings. The summed E-state index contributed by atoms with van der Waals surface area (Å²) in [4.78, 5) is 21.7. The van der Waals surface area contributed by atoms with Crippen molar-refractivity contribution in [1.29, 1.82) is 0 Å². The van der Waals surface area contributed by atoms with Crippen LogP contribution < -0.4 is 10.6 Å². The molecule has 22 heavy (non-hydrogen) atoms. The number of carboxylic acids is 1. The molecule has 0 aliphatic rings. The topological polar surface area (TPSA) is 78.4 Å². The molecule has 0 aromatic rings. The quantitative estimate of drug-likeness (QED) is 0.318. The van der Waals surface area contributed by atoms with E-state index >= 15 is 0 Å². The zero-order chi connectivity index (χ0) is 15.8. The van der Waals surface area contributed by atoms with Crippen molar-refractivity contribution >= 4 is 41.4 Å². The summed E-state index contributed by atoms with van der Waals surface area (Å²) in [6.45, 7) is 3.15. The first-order chi connectivity index (χ1) is 10.2. The summed E-state index contributed by atoms with van der Waals surface area (Å²) in [7, 11) is 0. The third-order valence-corrected chi connectivity index (χ3v) is 3.41. The molecule has 0 heterocycles. The summed E-state index contributed by atoms with van der Waals surface area (Å²) in [5.41, 5.74) is 0. The second-order valence-corrected chi connectivity index (χ2v) is 5.50. The van der Waals surface area contributed by atoms with Crippen LogP contribution in [0, 0.1) is 0 Å². The van der Waals surface area contributed by atoms with Crippen molar-refractivity contribution in [3.63, 3.8) is 0 Å². The Balaban J connectivity index is 0. The summed E-state index contributed by atoms with van der Waals surface area (Å²) >= 11 is 0. The van der Waals surface area contributed by atoms with Gasteiger partial charge in [0.25, 0.3) is 0 Å². The van der Waals surface area contributed by atoms with E-state index in [1.54, 1.807) is 0 Å². The van der Waals surface area contributed by atoms with Gasteiger partial charge in [-0.05, 0) is 6.42 Å². The number of hydrogen-bond acceptors (Lipinski definition) is 3. The fourth-order valence-corrected chi connectivity index (χ4v) is 2.17. The predicted molar refractivity (Wildman–Crippen MR) is 92.5 cm³/mol. The molecule has 0 atom stereocenters. The standard InChI is InChI=1S/C16H32N2O3.Na.H/c1-2-3-4-5-6-7-8-9-10-11-15(19)18-13-12-17-14-16(20)21;;/h17H,2-14H2,1H3,(H,18,19)(H,20,21);;. The number of nitrogens with one attached hydrogen (secondary N) is 2. The van der Waals surface area contributed by atoms with E-state index in [0.29, 0.717) is 19.5 Å². The maximum absolute atomic E-state index is 11.5. The molecule has 126 valence electrons. The molecule has 0 bridgehead atoms. The Labute approximate surface area is 157 Å². The van der Waals surface area contributed by atoms with Crippen LogP contribution in [0.3, 0.4) is 0 Å². The van der Waals surface area contributed by atoms with Crippen molar-refractivity contribution < 1.29 is 14.7 Å². The van der Waals surface area contributed by atoms with Gasteiger partial charge in [-0.3, -0.25) is 9.59 Å². The van der Waals surface area contributed by atoms with Gasteiger partial charge in [0, 0.05) is 19.5 Å². The first-order valence-electron chi connectivity index (χ1n) is 8.36. The van der Waals surface area contributed by atoms with Crippen molar-refractivity contribution in [1.82, 2.24) is 10.6 Å². The number of aliphatic carboxylic acids is 1. The molecule has 0 radical (unpaired) electrons. The van der Waals surface area contributed by atoms with E-state index < -0.39 is 5.97 Å². The van der Waals surface area contributed by atoms with Crippen molar-refractivity contribution in [3.8, 4) is 0 Å². The predicted octanol–water partition coefficient (Wildman–Crippen LogP) is 2.05. The van der Waals surface area contributed by atoms with E-state index in [4.69, 9.17) is 5.11 Å². The molecule has 0 rings (SSSR count). The zero-order valence-electron chi connectivity index (χ0n) is 13.5. The number of unbranched alkanes of at least 4 members (excludes halogenated alkanes) is 8. The van der Waals surface area contributed by atoms with Gasteiger partial charge in [0.15, 0.2) is 0 Å². The second kappa shape index (κ2) is 18.9. The average Bonchev–Trinajstić information content (AvgIpc) is 2.45. The first kappa shape index (κ1) is 24.2. The van der Waals surface area contributed by atoms with Gasteiger partial charge < -0.3 is 15.7 Å². The van der Waals surface area contributed by atoms with Gasteiger partial charge in [0.1, 0.15) is 0 Å². The maximum atomic E-state index is 11.5. The van der Waals surface area contributed by atoms with Crippen LogP contribution in [-0.2, 0) is 9.59 Å². The number of carbonyl (C=O) groups excluding carboxylic acids is 1. The molecule has 0 unspecified atom stereocenters. The molecule has 0 aliphatic carbocycles. The summed E-state index contributed by atoms with van der Waals surface area (Å²) in [6, 6.07) is 0. The van der Waals surface area contributed by atoms with Crippen LogP contribution in [0.25, 0.3) is 0 Å². The summed E-state index contributed by atoms with van der Waals surface area (Å²) < 4.78 is 0. The SMILES string of the molecule is CCCCCCCCCCCC(=O)NCCNCC(=O)O.[NaH]. The van der Waals surface area contributed by atoms with E-state index in [0.717, 1.165) is 12.8 Å². The van der Waals surface area contributed by atoms with E-state index in [-0.39, 0.29) is 42.0 Å². The van der Waals surface area contributed by atoms with Crippen LogP contribution >= 0.6 is 0 Å². The van der Waals surface area contributed by atoms with Gasteiger partial charge in [-0.15, -0.1) is 0 Å². The van der Waals surface area contributed by atoms with Crippen LogP contribution in [0.1, 0.15) is 71.1 Å². The Morgan fingerprint density at radius 2 is 1.41 bits per heavy atom. The molecule has 1 amide bonds. The molecule has 0 aromatic heterocycles. The Bertz CT molecular complexity index is 276. The molecular weight excluding hydrogens is 291 g/mol. The number of hydrogen-bond donors (Lipinski definition) is 3. The number of carbonyl (C=O) groups is 2. The van der Waals surface area contributed by atoms with Crippen LogP contribution in [0.4, 0.5) is 0 Å². The minimum atomic E-state index is -0.879. The molecule has 0 saturated heterocycles. The van der Waals surface area contributed by atoms with Crippen molar-refractivity contribution in [2.75, 3.05) is 19.6 Å². The normalized spacial score (nSPS) is 10.0. The van der Waals surface area contributed by atoms with E-state index in [2.05, 4.69) is 17.6 Å². The monoisotopic (exact) mass is 324 g/mol. The van der Waals surface area contributed by atoms with Gasteiger partial charge in [-0.2, -0.15) is 0 Å². The fourth-order valence-electron chi connectivity index (χ4n) is 2.17. The van der Waals surface area contributed by atoms with Gasteiger partial charge in [-0.1, -0.05) is 58.3 Å². The van der Waals surface area contributed by atoms with Crippen LogP contribution in [0.15, 0.2) is 0 Å². The van der Waals surface area contributed by atoms with Gasteiger partial charge >= 0.3 is 35.5 Å². The second-order valence-electron chi connectivity index (χ2n) is 5.50. The van der Waals surface area contributed by atoms with Crippen molar-refractivity contribution in [3.05, 3.63) is 0 Å². The first-order valence-corrected chi connectivity index (χ1v) is 8.36. The van der Waals surface area contributed by atoms with Crippen molar-refractivity contribution in [2.45, 2.75) is 71.1 Å². The number of rotatable bonds is 15. The number of amides is 1. The van der Waals surface area contributed by atoms with Gasteiger partial charge in [0.05, 0.1) is 6.54 Å². The van der Waals surface area contributed by atoms with Gasteiger partial charge in [-0.25, -0.2) is 0 Å². The fraction of sp³-hybridized carbons (Fsp3) is 0.875. The zero-order valence-corrected chi connectivity index (χ0v) is 13.5. The molecule has 5 nitrogen and oxygen atoms in total. The van der Waals surface area contributed by atoms with Crippen LogP contribution in [0.5, 0.6) is 0 Å². The molecular formula is C16H33N2NaO3. The third-order valence-electron chi connectivity index (χ3n) is 3.41. The molecule has 0 aliphatic heterocycles.